The summed E-state index contributed by atoms with van der Waals surface area (Å²) in [6.07, 6.45) is 4.12. The van der Waals surface area contributed by atoms with Crippen molar-refractivity contribution in [2.75, 3.05) is 26.2 Å². The van der Waals surface area contributed by atoms with Crippen LogP contribution in [0, 0.1) is 5.92 Å². The summed E-state index contributed by atoms with van der Waals surface area (Å²) in [5, 5.41) is 3.09. The first-order valence-electron chi connectivity index (χ1n) is 8.83. The largest absolute Gasteiger partial charge is 0.493 e. The molecule has 1 atom stereocenters. The maximum absolute atomic E-state index is 12.0. The van der Waals surface area contributed by atoms with E-state index in [2.05, 4.69) is 24.1 Å². The fourth-order valence-electron chi connectivity index (χ4n) is 3.11. The average Bonchev–Trinajstić information content (AvgIpc) is 3.06. The number of para-hydroxylation sites is 1. The third-order valence-corrected chi connectivity index (χ3v) is 4.28. The van der Waals surface area contributed by atoms with Gasteiger partial charge in [0.05, 0.1) is 13.0 Å². The Morgan fingerprint density at radius 2 is 1.91 bits per heavy atom. The van der Waals surface area contributed by atoms with Gasteiger partial charge >= 0.3 is 0 Å². The standard InChI is InChI=1S/C19H30N2O2/c1-16(2)14-17(21-11-6-7-12-21)15-20-19(22)10-13-23-18-8-4-3-5-9-18/h3-5,8-9,16-17H,6-7,10-15H2,1-2H3,(H,20,22). The van der Waals surface area contributed by atoms with Crippen LogP contribution in [-0.4, -0.2) is 43.1 Å². The first-order valence-corrected chi connectivity index (χ1v) is 8.83. The minimum absolute atomic E-state index is 0.0777. The van der Waals surface area contributed by atoms with E-state index in [0.29, 0.717) is 25.0 Å². The SMILES string of the molecule is CC(C)CC(CNC(=O)CCOc1ccccc1)N1CCCC1. The van der Waals surface area contributed by atoms with Crippen molar-refractivity contribution in [3.05, 3.63) is 30.3 Å². The Bertz CT molecular complexity index is 456. The second-order valence-electron chi connectivity index (χ2n) is 6.74. The van der Waals surface area contributed by atoms with Gasteiger partial charge in [0.25, 0.3) is 0 Å². The molecule has 1 aliphatic rings. The maximum atomic E-state index is 12.0. The molecule has 4 nitrogen and oxygen atoms in total. The normalized spacial score (nSPS) is 16.5. The van der Waals surface area contributed by atoms with Crippen LogP contribution in [0.25, 0.3) is 0 Å². The van der Waals surface area contributed by atoms with E-state index in [1.807, 2.05) is 30.3 Å². The molecule has 128 valence electrons. The quantitative estimate of drug-likeness (QED) is 0.761. The average molecular weight is 318 g/mol. The zero-order chi connectivity index (χ0) is 16.5. The Morgan fingerprint density at radius 1 is 1.22 bits per heavy atom. The van der Waals surface area contributed by atoms with Crippen LogP contribution in [0.1, 0.15) is 39.5 Å². The maximum Gasteiger partial charge on any atom is 0.223 e. The first kappa shape index (κ1) is 17.8. The summed E-state index contributed by atoms with van der Waals surface area (Å²) in [6, 6.07) is 10.1. The van der Waals surface area contributed by atoms with Crippen LogP contribution in [0.4, 0.5) is 0 Å². The number of benzene rings is 1. The van der Waals surface area contributed by atoms with Crippen molar-refractivity contribution in [2.45, 2.75) is 45.6 Å². The Hall–Kier alpha value is -1.55. The predicted molar refractivity (Wildman–Crippen MR) is 93.6 cm³/mol. The fraction of sp³-hybridized carbons (Fsp3) is 0.632. The highest BCUT2D eigenvalue weighted by molar-refractivity contribution is 5.76. The van der Waals surface area contributed by atoms with Gasteiger partial charge in [-0.25, -0.2) is 0 Å². The molecule has 0 bridgehead atoms. The lowest BCUT2D eigenvalue weighted by Gasteiger charge is -2.29. The van der Waals surface area contributed by atoms with Crippen LogP contribution >= 0.6 is 0 Å². The van der Waals surface area contributed by atoms with Crippen LogP contribution in [0.3, 0.4) is 0 Å². The van der Waals surface area contributed by atoms with Crippen LogP contribution in [0.15, 0.2) is 30.3 Å². The molecule has 1 heterocycles. The number of carbonyl (C=O) groups excluding carboxylic acids is 1. The van der Waals surface area contributed by atoms with Gasteiger partial charge in [-0.15, -0.1) is 0 Å². The molecule has 2 rings (SSSR count). The van der Waals surface area contributed by atoms with Crippen LogP contribution in [0.2, 0.25) is 0 Å². The number of amides is 1. The molecule has 23 heavy (non-hydrogen) atoms. The third-order valence-electron chi connectivity index (χ3n) is 4.28. The van der Waals surface area contributed by atoms with E-state index in [4.69, 9.17) is 4.74 Å². The molecule has 1 unspecified atom stereocenters. The van der Waals surface area contributed by atoms with Crippen molar-refractivity contribution < 1.29 is 9.53 Å². The lowest BCUT2D eigenvalue weighted by Crippen LogP contribution is -2.43. The monoisotopic (exact) mass is 318 g/mol. The Balaban J connectivity index is 1.68. The second kappa shape index (κ2) is 9.56. The summed E-state index contributed by atoms with van der Waals surface area (Å²) < 4.78 is 5.58. The molecule has 0 spiro atoms. The van der Waals surface area contributed by atoms with E-state index in [1.165, 1.54) is 25.9 Å². The summed E-state index contributed by atoms with van der Waals surface area (Å²) in [6.45, 7) is 8.02. The van der Waals surface area contributed by atoms with Crippen molar-refractivity contribution >= 4 is 5.91 Å². The number of ether oxygens (including phenoxy) is 1. The van der Waals surface area contributed by atoms with Crippen molar-refractivity contribution in [1.82, 2.24) is 10.2 Å². The number of likely N-dealkylation sites (tertiary alicyclic amines) is 1. The molecule has 0 saturated carbocycles. The van der Waals surface area contributed by atoms with Gasteiger partial charge in [-0.3, -0.25) is 9.69 Å². The van der Waals surface area contributed by atoms with E-state index in [-0.39, 0.29) is 5.91 Å². The van der Waals surface area contributed by atoms with E-state index in [9.17, 15) is 4.79 Å². The number of rotatable bonds is 9. The minimum atomic E-state index is 0.0777. The molecule has 0 aromatic heterocycles. The van der Waals surface area contributed by atoms with Gasteiger partial charge in [0.1, 0.15) is 5.75 Å². The molecule has 1 fully saturated rings. The smallest absolute Gasteiger partial charge is 0.223 e. The number of hydrogen-bond donors (Lipinski definition) is 1. The van der Waals surface area contributed by atoms with Crippen LogP contribution < -0.4 is 10.1 Å². The summed E-state index contributed by atoms with van der Waals surface area (Å²) in [7, 11) is 0. The fourth-order valence-corrected chi connectivity index (χ4v) is 3.11. The zero-order valence-corrected chi connectivity index (χ0v) is 14.5. The molecular weight excluding hydrogens is 288 g/mol. The highest BCUT2D eigenvalue weighted by Gasteiger charge is 2.23. The number of nitrogens with zero attached hydrogens (tertiary/aromatic N) is 1. The Labute approximate surface area is 140 Å². The molecule has 1 N–H and O–H groups in total. The molecule has 1 aliphatic heterocycles. The molecule has 1 aromatic carbocycles. The molecule has 1 amide bonds. The van der Waals surface area contributed by atoms with Crippen molar-refractivity contribution in [3.63, 3.8) is 0 Å². The number of carbonyl (C=O) groups is 1. The predicted octanol–water partition coefficient (Wildman–Crippen LogP) is 3.08. The summed E-state index contributed by atoms with van der Waals surface area (Å²) in [5.41, 5.74) is 0. The van der Waals surface area contributed by atoms with E-state index in [1.54, 1.807) is 0 Å². The van der Waals surface area contributed by atoms with E-state index < -0.39 is 0 Å². The zero-order valence-electron chi connectivity index (χ0n) is 14.5. The lowest BCUT2D eigenvalue weighted by atomic mass is 10.0. The van der Waals surface area contributed by atoms with E-state index in [0.717, 1.165) is 18.7 Å². The summed E-state index contributed by atoms with van der Waals surface area (Å²) in [4.78, 5) is 14.6. The highest BCUT2D eigenvalue weighted by Crippen LogP contribution is 2.17. The molecular formula is C19H30N2O2. The Morgan fingerprint density at radius 3 is 2.57 bits per heavy atom. The van der Waals surface area contributed by atoms with Gasteiger partial charge in [-0.1, -0.05) is 32.0 Å². The summed E-state index contributed by atoms with van der Waals surface area (Å²) >= 11 is 0. The molecule has 4 heteroatoms. The van der Waals surface area contributed by atoms with Gasteiger partial charge in [0.15, 0.2) is 0 Å². The lowest BCUT2D eigenvalue weighted by molar-refractivity contribution is -0.121. The molecule has 0 aliphatic carbocycles. The third kappa shape index (κ3) is 6.61. The topological polar surface area (TPSA) is 41.6 Å². The van der Waals surface area contributed by atoms with Gasteiger partial charge in [-0.2, -0.15) is 0 Å². The number of nitrogens with one attached hydrogen (secondary N) is 1. The van der Waals surface area contributed by atoms with Crippen LogP contribution in [-0.2, 0) is 4.79 Å². The highest BCUT2D eigenvalue weighted by atomic mass is 16.5. The first-order chi connectivity index (χ1) is 11.1. The van der Waals surface area contributed by atoms with Gasteiger partial charge < -0.3 is 10.1 Å². The number of hydrogen-bond acceptors (Lipinski definition) is 3. The van der Waals surface area contributed by atoms with Crippen LogP contribution in [0.5, 0.6) is 5.75 Å². The molecule has 0 radical (unpaired) electrons. The summed E-state index contributed by atoms with van der Waals surface area (Å²) in [5.74, 6) is 1.54. The Kier molecular flexibility index (Phi) is 7.40. The van der Waals surface area contributed by atoms with Crippen molar-refractivity contribution in [2.24, 2.45) is 5.92 Å². The van der Waals surface area contributed by atoms with Gasteiger partial charge in [0, 0.05) is 12.6 Å². The second-order valence-corrected chi connectivity index (χ2v) is 6.74. The van der Waals surface area contributed by atoms with Crippen molar-refractivity contribution in [3.8, 4) is 5.75 Å². The van der Waals surface area contributed by atoms with Crippen molar-refractivity contribution in [1.29, 1.82) is 0 Å². The molecule has 1 aromatic rings. The molecule has 1 saturated heterocycles. The van der Waals surface area contributed by atoms with Gasteiger partial charge in [-0.05, 0) is 50.4 Å². The minimum Gasteiger partial charge on any atom is -0.493 e. The van der Waals surface area contributed by atoms with E-state index >= 15 is 0 Å². The van der Waals surface area contributed by atoms with Gasteiger partial charge in [0.2, 0.25) is 5.91 Å².